The fraction of sp³-hybridized carbons (Fsp3) is 0.333. The molecule has 0 bridgehead atoms. The van der Waals surface area contributed by atoms with Gasteiger partial charge in [0.05, 0.1) is 35.5 Å². The van der Waals surface area contributed by atoms with Crippen LogP contribution in [0.2, 0.25) is 0 Å². The van der Waals surface area contributed by atoms with Crippen LogP contribution in [0.5, 0.6) is 0 Å². The molecular formula is C48H48F6N6O4. The molecule has 0 saturated carbocycles. The van der Waals surface area contributed by atoms with Crippen molar-refractivity contribution in [1.29, 1.82) is 0 Å². The molecule has 0 saturated heterocycles. The van der Waals surface area contributed by atoms with Crippen LogP contribution in [0.15, 0.2) is 73.1 Å². The van der Waals surface area contributed by atoms with E-state index >= 15 is 17.6 Å². The molecule has 4 heterocycles. The lowest BCUT2D eigenvalue weighted by Gasteiger charge is -2.44. The van der Waals surface area contributed by atoms with Gasteiger partial charge in [-0.3, -0.25) is 20.0 Å². The number of halogens is 6. The van der Waals surface area contributed by atoms with Gasteiger partial charge in [0.15, 0.2) is 0 Å². The highest BCUT2D eigenvalue weighted by Crippen LogP contribution is 2.45. The van der Waals surface area contributed by atoms with Gasteiger partial charge in [0.1, 0.15) is 34.6 Å². The van der Waals surface area contributed by atoms with Gasteiger partial charge in [-0.15, -0.1) is 0 Å². The number of carboxylic acids is 2. The van der Waals surface area contributed by atoms with Gasteiger partial charge < -0.3 is 10.2 Å². The van der Waals surface area contributed by atoms with Gasteiger partial charge in [-0.1, -0.05) is 12.1 Å². The molecule has 10 nitrogen and oxygen atoms in total. The molecule has 0 unspecified atom stereocenters. The molecule has 64 heavy (non-hydrogen) atoms. The fourth-order valence-electron chi connectivity index (χ4n) is 9.11. The Balaban J connectivity index is 0.000000191. The van der Waals surface area contributed by atoms with Crippen molar-refractivity contribution in [2.75, 3.05) is 13.1 Å². The summed E-state index contributed by atoms with van der Waals surface area (Å²) in [6.45, 7) is 9.58. The summed E-state index contributed by atoms with van der Waals surface area (Å²) >= 11 is 0. The zero-order chi connectivity index (χ0) is 46.4. The third-order valence-electron chi connectivity index (χ3n) is 11.6. The minimum absolute atomic E-state index is 0.0127. The molecule has 4 N–H and O–H groups in total. The number of benzene rings is 4. The summed E-state index contributed by atoms with van der Waals surface area (Å²) in [5.74, 6) is -5.68. The summed E-state index contributed by atoms with van der Waals surface area (Å²) < 4.78 is 90.9. The Labute approximate surface area is 365 Å². The van der Waals surface area contributed by atoms with Gasteiger partial charge in [0.2, 0.25) is 0 Å². The summed E-state index contributed by atoms with van der Waals surface area (Å²) in [6, 6.07) is 9.58. The smallest absolute Gasteiger partial charge is 0.328 e. The molecule has 336 valence electrons. The van der Waals surface area contributed by atoms with E-state index in [1.807, 2.05) is 38.1 Å². The van der Waals surface area contributed by atoms with E-state index in [-0.39, 0.29) is 47.4 Å². The van der Waals surface area contributed by atoms with Crippen molar-refractivity contribution in [3.8, 4) is 0 Å². The number of aromatic amines is 2. The number of carboxylic acid groups (broad SMARTS) is 2. The summed E-state index contributed by atoms with van der Waals surface area (Å²) in [4.78, 5) is 25.1. The van der Waals surface area contributed by atoms with Crippen LogP contribution in [-0.4, -0.2) is 88.9 Å². The Hall–Kier alpha value is -6.26. The summed E-state index contributed by atoms with van der Waals surface area (Å²) in [5, 5.41) is 33.4. The second-order valence-electron chi connectivity index (χ2n) is 17.8. The number of hydrogen-bond acceptors (Lipinski definition) is 6. The summed E-state index contributed by atoms with van der Waals surface area (Å²) in [6.07, 6.45) is 8.46. The maximum atomic E-state index is 15.3. The molecule has 6 aromatic rings. The van der Waals surface area contributed by atoms with Crippen LogP contribution in [0.3, 0.4) is 0 Å². The topological polar surface area (TPSA) is 138 Å². The van der Waals surface area contributed by atoms with E-state index in [4.69, 9.17) is 10.2 Å². The average molecular weight is 887 g/mol. The summed E-state index contributed by atoms with van der Waals surface area (Å²) in [7, 11) is 0. The van der Waals surface area contributed by atoms with E-state index in [0.29, 0.717) is 24.0 Å². The van der Waals surface area contributed by atoms with Gasteiger partial charge in [0.25, 0.3) is 0 Å². The van der Waals surface area contributed by atoms with Gasteiger partial charge >= 0.3 is 11.9 Å². The average Bonchev–Trinajstić information content (AvgIpc) is 3.88. The first kappa shape index (κ1) is 45.8. The highest BCUT2D eigenvalue weighted by atomic mass is 19.2. The standard InChI is InChI=1S/2C24H24F3N3O2/c2*1-13-8-16-15(5-6-20-17(16)11-28-29-20)23(30(13)12-24(2,3)27)22-18(25)9-14(10-19(22)26)4-7-21(31)32/h2*4-7,9-11,13,23H,8,12H2,1-3H3,(H,28,29)(H,31,32)/b2*7-4+/t2*13-,23+/m10/s1. The monoisotopic (exact) mass is 886 g/mol. The number of aliphatic carboxylic acids is 2. The van der Waals surface area contributed by atoms with E-state index in [1.54, 1.807) is 22.2 Å². The van der Waals surface area contributed by atoms with Gasteiger partial charge in [0, 0.05) is 59.2 Å². The normalized spacial score (nSPS) is 19.6. The molecule has 4 atom stereocenters. The van der Waals surface area contributed by atoms with Crippen LogP contribution in [0.4, 0.5) is 26.3 Å². The van der Waals surface area contributed by atoms with Crippen molar-refractivity contribution in [2.24, 2.45) is 0 Å². The van der Waals surface area contributed by atoms with Crippen LogP contribution in [0.25, 0.3) is 34.0 Å². The molecule has 0 aliphatic carbocycles. The number of rotatable bonds is 10. The predicted octanol–water partition coefficient (Wildman–Crippen LogP) is 10.0. The van der Waals surface area contributed by atoms with Crippen LogP contribution in [-0.2, 0) is 22.4 Å². The lowest BCUT2D eigenvalue weighted by Crippen LogP contribution is -2.48. The van der Waals surface area contributed by atoms with Crippen molar-refractivity contribution in [3.63, 3.8) is 0 Å². The third kappa shape index (κ3) is 9.62. The molecule has 0 radical (unpaired) electrons. The van der Waals surface area contributed by atoms with Crippen molar-refractivity contribution in [1.82, 2.24) is 30.2 Å². The van der Waals surface area contributed by atoms with Gasteiger partial charge in [-0.2, -0.15) is 10.2 Å². The number of nitrogens with zero attached hydrogens (tertiary/aromatic N) is 4. The van der Waals surface area contributed by atoms with E-state index in [2.05, 4.69) is 20.4 Å². The zero-order valence-corrected chi connectivity index (χ0v) is 36.0. The first-order valence-corrected chi connectivity index (χ1v) is 20.7. The molecule has 16 heteroatoms. The van der Waals surface area contributed by atoms with E-state index in [0.717, 1.165) is 81.5 Å². The second kappa shape index (κ2) is 17.7. The van der Waals surface area contributed by atoms with E-state index in [9.17, 15) is 18.4 Å². The van der Waals surface area contributed by atoms with Gasteiger partial charge in [-0.05, 0) is 136 Å². The number of hydrogen-bond donors (Lipinski definition) is 4. The van der Waals surface area contributed by atoms with Crippen molar-refractivity contribution < 1.29 is 46.1 Å². The maximum Gasteiger partial charge on any atom is 0.328 e. The number of carbonyl (C=O) groups is 2. The molecule has 8 rings (SSSR count). The minimum Gasteiger partial charge on any atom is -0.478 e. The van der Waals surface area contributed by atoms with Crippen LogP contribution >= 0.6 is 0 Å². The molecule has 2 aliphatic rings. The Morgan fingerprint density at radius 1 is 0.656 bits per heavy atom. The van der Waals surface area contributed by atoms with Crippen molar-refractivity contribution in [2.45, 2.75) is 89.9 Å². The lowest BCUT2D eigenvalue weighted by atomic mass is 9.82. The molecule has 0 fully saturated rings. The van der Waals surface area contributed by atoms with Crippen LogP contribution in [0, 0.1) is 23.3 Å². The Morgan fingerprint density at radius 3 is 1.31 bits per heavy atom. The zero-order valence-electron chi connectivity index (χ0n) is 36.0. The first-order valence-electron chi connectivity index (χ1n) is 20.7. The molecule has 2 aromatic heterocycles. The van der Waals surface area contributed by atoms with Crippen molar-refractivity contribution in [3.05, 3.63) is 141 Å². The highest BCUT2D eigenvalue weighted by Gasteiger charge is 2.41. The van der Waals surface area contributed by atoms with Crippen LogP contribution in [0.1, 0.15) is 98.1 Å². The first-order chi connectivity index (χ1) is 30.1. The molecule has 0 spiro atoms. The second-order valence-corrected chi connectivity index (χ2v) is 17.8. The number of fused-ring (bicyclic) bond motifs is 6. The quantitative estimate of drug-likeness (QED) is 0.0788. The number of H-pyrrole nitrogens is 2. The Bertz CT molecular complexity index is 2570. The Kier molecular flexibility index (Phi) is 12.7. The molecule has 2 aliphatic heterocycles. The van der Waals surface area contributed by atoms with E-state index < -0.39 is 58.6 Å². The highest BCUT2D eigenvalue weighted by molar-refractivity contribution is 5.87. The van der Waals surface area contributed by atoms with Gasteiger partial charge in [-0.25, -0.2) is 35.9 Å². The number of alkyl halides is 2. The molecule has 4 aromatic carbocycles. The third-order valence-corrected chi connectivity index (χ3v) is 11.6. The lowest BCUT2D eigenvalue weighted by molar-refractivity contribution is -0.132. The van der Waals surface area contributed by atoms with Crippen molar-refractivity contribution >= 4 is 45.9 Å². The maximum absolute atomic E-state index is 15.3. The fourth-order valence-corrected chi connectivity index (χ4v) is 9.11. The molecule has 0 amide bonds. The predicted molar refractivity (Wildman–Crippen MR) is 232 cm³/mol. The number of nitrogens with one attached hydrogen (secondary N) is 2. The summed E-state index contributed by atoms with van der Waals surface area (Å²) in [5.41, 5.74) is 1.56. The largest absolute Gasteiger partial charge is 0.478 e. The Morgan fingerprint density at radius 2 is 1.00 bits per heavy atom. The SMILES string of the molecule is C[C@@H]1Cc2c(ccc3[nH]ncc23)[C@@H](c2c(F)cc(/C=C/C(=O)O)cc2F)N1CC(C)(C)F.C[C@H]1Cc2c(ccc3[nH]ncc23)[C@H](c2c(F)cc(/C=C/C(=O)O)cc2F)N1CC(C)(C)F. The molecular weight excluding hydrogens is 839 g/mol. The van der Waals surface area contributed by atoms with Crippen LogP contribution < -0.4 is 0 Å². The van der Waals surface area contributed by atoms with E-state index in [1.165, 1.54) is 27.7 Å². The number of aromatic nitrogens is 4. The minimum atomic E-state index is -1.58.